The molecule has 1 fully saturated rings. The third-order valence-electron chi connectivity index (χ3n) is 6.93. The van der Waals surface area contributed by atoms with Gasteiger partial charge in [0.05, 0.1) is 6.42 Å². The van der Waals surface area contributed by atoms with Crippen molar-refractivity contribution in [2.24, 2.45) is 0 Å². The number of rotatable bonds is 7. The second-order valence-corrected chi connectivity index (χ2v) is 9.78. The predicted molar refractivity (Wildman–Crippen MR) is 141 cm³/mol. The summed E-state index contributed by atoms with van der Waals surface area (Å²) in [7, 11) is 0. The van der Waals surface area contributed by atoms with Gasteiger partial charge in [-0.25, -0.2) is 4.52 Å². The van der Waals surface area contributed by atoms with Gasteiger partial charge in [0.2, 0.25) is 11.9 Å². The van der Waals surface area contributed by atoms with E-state index in [4.69, 9.17) is 0 Å². The number of piperidine rings is 1. The summed E-state index contributed by atoms with van der Waals surface area (Å²) in [6.07, 6.45) is 0.169. The van der Waals surface area contributed by atoms with Crippen LogP contribution in [-0.4, -0.2) is 69.7 Å². The Balaban J connectivity index is 1.23. The summed E-state index contributed by atoms with van der Waals surface area (Å²) >= 11 is 0. The molecule has 206 valence electrons. The molecule has 2 aromatic heterocycles. The quantitative estimate of drug-likeness (QED) is 0.419. The average molecular weight is 542 g/mol. The molecule has 0 radical (unpaired) electrons. The lowest BCUT2D eigenvalue weighted by Crippen LogP contribution is -2.45. The van der Waals surface area contributed by atoms with Crippen LogP contribution in [-0.2, 0) is 4.79 Å². The SMILES string of the molecule is O=C(NC1CCCNC1)c1ccc(Nc2nc3c(C4=CCN(C(=O)CCC(F)(F)F)CC4)cccn3n2)cc1. The van der Waals surface area contributed by atoms with E-state index in [-0.39, 0.29) is 18.5 Å². The van der Waals surface area contributed by atoms with Gasteiger partial charge in [0, 0.05) is 55.1 Å². The van der Waals surface area contributed by atoms with Gasteiger partial charge < -0.3 is 20.9 Å². The Morgan fingerprint density at radius 2 is 1.97 bits per heavy atom. The molecule has 5 rings (SSSR count). The Bertz CT molecular complexity index is 1360. The van der Waals surface area contributed by atoms with Crippen molar-refractivity contribution in [2.75, 3.05) is 31.5 Å². The number of amides is 2. The van der Waals surface area contributed by atoms with Crippen LogP contribution in [0.1, 0.15) is 48.0 Å². The van der Waals surface area contributed by atoms with Crippen molar-refractivity contribution in [2.45, 2.75) is 44.3 Å². The molecule has 0 bridgehead atoms. The maximum absolute atomic E-state index is 12.6. The zero-order chi connectivity index (χ0) is 27.4. The van der Waals surface area contributed by atoms with E-state index in [0.717, 1.165) is 42.8 Å². The third kappa shape index (κ3) is 6.75. The van der Waals surface area contributed by atoms with E-state index in [2.05, 4.69) is 26.0 Å². The molecule has 2 amide bonds. The molecule has 1 aromatic carbocycles. The van der Waals surface area contributed by atoms with E-state index >= 15 is 0 Å². The first-order chi connectivity index (χ1) is 18.7. The summed E-state index contributed by atoms with van der Waals surface area (Å²) in [4.78, 5) is 30.8. The maximum Gasteiger partial charge on any atom is 0.389 e. The highest BCUT2D eigenvalue weighted by Gasteiger charge is 2.29. The largest absolute Gasteiger partial charge is 0.389 e. The molecule has 3 N–H and O–H groups in total. The van der Waals surface area contributed by atoms with Gasteiger partial charge in [0.15, 0.2) is 5.65 Å². The van der Waals surface area contributed by atoms with Crippen molar-refractivity contribution in [3.05, 3.63) is 59.8 Å². The van der Waals surface area contributed by atoms with Crippen LogP contribution in [0.4, 0.5) is 24.8 Å². The number of hydrogen-bond acceptors (Lipinski definition) is 6. The van der Waals surface area contributed by atoms with Crippen LogP contribution in [0.25, 0.3) is 11.2 Å². The highest BCUT2D eigenvalue weighted by atomic mass is 19.4. The van der Waals surface area contributed by atoms with Crippen molar-refractivity contribution < 1.29 is 22.8 Å². The van der Waals surface area contributed by atoms with Crippen LogP contribution < -0.4 is 16.0 Å². The summed E-state index contributed by atoms with van der Waals surface area (Å²) in [5, 5.41) is 14.0. The molecule has 3 aromatic rings. The number of anilines is 2. The molecule has 0 aliphatic carbocycles. The van der Waals surface area contributed by atoms with Crippen LogP contribution in [0.2, 0.25) is 0 Å². The predicted octanol–water partition coefficient (Wildman–Crippen LogP) is 3.91. The summed E-state index contributed by atoms with van der Waals surface area (Å²) in [6, 6.07) is 11.0. The van der Waals surface area contributed by atoms with Crippen molar-refractivity contribution in [1.29, 1.82) is 0 Å². The first-order valence-electron chi connectivity index (χ1n) is 13.0. The molecule has 9 nitrogen and oxygen atoms in total. The van der Waals surface area contributed by atoms with E-state index < -0.39 is 24.9 Å². The van der Waals surface area contributed by atoms with Crippen molar-refractivity contribution in [3.8, 4) is 0 Å². The molecular weight excluding hydrogens is 511 g/mol. The second-order valence-electron chi connectivity index (χ2n) is 9.78. The summed E-state index contributed by atoms with van der Waals surface area (Å²) in [6.45, 7) is 2.36. The minimum absolute atomic E-state index is 0.105. The number of carbonyl (C=O) groups is 2. The van der Waals surface area contributed by atoms with Crippen molar-refractivity contribution in [1.82, 2.24) is 30.1 Å². The van der Waals surface area contributed by atoms with Gasteiger partial charge in [-0.3, -0.25) is 9.59 Å². The fraction of sp³-hybridized carbons (Fsp3) is 0.407. The Hall–Kier alpha value is -3.93. The van der Waals surface area contributed by atoms with E-state index in [0.29, 0.717) is 30.1 Å². The standard InChI is InChI=1S/C27H30F3N7O2/c28-27(29,30)12-9-23(38)36-15-10-18(11-16-36)22-4-2-14-37-24(22)34-26(35-37)33-20-7-5-19(6-8-20)25(39)32-21-3-1-13-31-17-21/h2,4-8,10,14,21,31H,1,3,9,11-13,15-17H2,(H,32,39)(H,33,35). The van der Waals surface area contributed by atoms with Crippen LogP contribution in [0, 0.1) is 0 Å². The zero-order valence-corrected chi connectivity index (χ0v) is 21.3. The molecule has 2 aliphatic heterocycles. The summed E-state index contributed by atoms with van der Waals surface area (Å²) in [5.41, 5.74) is 3.74. The van der Waals surface area contributed by atoms with Crippen molar-refractivity contribution >= 4 is 34.7 Å². The molecular formula is C27H30F3N7O2. The number of benzene rings is 1. The molecule has 4 heterocycles. The van der Waals surface area contributed by atoms with Crippen molar-refractivity contribution in [3.63, 3.8) is 0 Å². The van der Waals surface area contributed by atoms with E-state index in [1.807, 2.05) is 18.2 Å². The number of fused-ring (bicyclic) bond motifs is 1. The molecule has 1 saturated heterocycles. The van der Waals surface area contributed by atoms with Gasteiger partial charge in [-0.2, -0.15) is 18.2 Å². The topological polar surface area (TPSA) is 104 Å². The Morgan fingerprint density at radius 1 is 1.15 bits per heavy atom. The zero-order valence-electron chi connectivity index (χ0n) is 21.3. The van der Waals surface area contributed by atoms with E-state index in [1.165, 1.54) is 4.90 Å². The number of carbonyl (C=O) groups excluding carboxylic acids is 2. The minimum atomic E-state index is -4.34. The summed E-state index contributed by atoms with van der Waals surface area (Å²) < 4.78 is 39.0. The molecule has 1 atom stereocenters. The Morgan fingerprint density at radius 3 is 2.67 bits per heavy atom. The lowest BCUT2D eigenvalue weighted by molar-refractivity contribution is -0.148. The number of nitrogens with zero attached hydrogens (tertiary/aromatic N) is 4. The number of nitrogens with one attached hydrogen (secondary N) is 3. The first kappa shape index (κ1) is 26.7. The maximum atomic E-state index is 12.6. The van der Waals surface area contributed by atoms with Crippen LogP contribution >= 0.6 is 0 Å². The van der Waals surface area contributed by atoms with Gasteiger partial charge in [0.1, 0.15) is 0 Å². The number of pyridine rings is 1. The lowest BCUT2D eigenvalue weighted by atomic mass is 10.00. The van der Waals surface area contributed by atoms with Crippen LogP contribution in [0.15, 0.2) is 48.7 Å². The number of alkyl halides is 3. The average Bonchev–Trinajstić information content (AvgIpc) is 3.35. The normalized spacial score (nSPS) is 18.1. The first-order valence-corrected chi connectivity index (χ1v) is 13.0. The van der Waals surface area contributed by atoms with E-state index in [9.17, 15) is 22.8 Å². The van der Waals surface area contributed by atoms with Gasteiger partial charge in [0.25, 0.3) is 5.91 Å². The highest BCUT2D eigenvalue weighted by molar-refractivity contribution is 5.94. The lowest BCUT2D eigenvalue weighted by Gasteiger charge is -2.27. The van der Waals surface area contributed by atoms with Crippen LogP contribution in [0.5, 0.6) is 0 Å². The molecule has 12 heteroatoms. The molecule has 0 saturated carbocycles. The molecule has 39 heavy (non-hydrogen) atoms. The van der Waals surface area contributed by atoms with Gasteiger partial charge in [-0.15, -0.1) is 5.10 Å². The number of aromatic nitrogens is 3. The van der Waals surface area contributed by atoms with Gasteiger partial charge in [-0.1, -0.05) is 6.08 Å². The minimum Gasteiger partial charge on any atom is -0.348 e. The smallest absolute Gasteiger partial charge is 0.348 e. The fourth-order valence-corrected chi connectivity index (χ4v) is 4.83. The molecule has 0 spiro atoms. The number of hydrogen-bond donors (Lipinski definition) is 3. The number of halogens is 3. The van der Waals surface area contributed by atoms with E-state index in [1.54, 1.807) is 35.0 Å². The Kier molecular flexibility index (Phi) is 7.82. The monoisotopic (exact) mass is 541 g/mol. The fourth-order valence-electron chi connectivity index (χ4n) is 4.83. The third-order valence-corrected chi connectivity index (χ3v) is 6.93. The van der Waals surface area contributed by atoms with Gasteiger partial charge >= 0.3 is 6.18 Å². The van der Waals surface area contributed by atoms with Gasteiger partial charge in [-0.05, 0) is 67.8 Å². The highest BCUT2D eigenvalue weighted by Crippen LogP contribution is 2.28. The molecule has 2 aliphatic rings. The van der Waals surface area contributed by atoms with Crippen LogP contribution in [0.3, 0.4) is 0 Å². The summed E-state index contributed by atoms with van der Waals surface area (Å²) in [5.74, 6) is -0.218. The Labute approximate surface area is 223 Å². The molecule has 1 unspecified atom stereocenters. The second kappa shape index (κ2) is 11.4.